The van der Waals surface area contributed by atoms with Crippen LogP contribution in [0.4, 0.5) is 0 Å². The van der Waals surface area contributed by atoms with E-state index >= 15 is 0 Å². The van der Waals surface area contributed by atoms with Crippen LogP contribution in [-0.2, 0) is 6.54 Å². The first-order valence-corrected chi connectivity index (χ1v) is 7.81. The van der Waals surface area contributed by atoms with E-state index < -0.39 is 0 Å². The molecule has 0 aromatic heterocycles. The molecule has 1 aliphatic heterocycles. The first-order valence-electron chi connectivity index (χ1n) is 7.44. The van der Waals surface area contributed by atoms with Gasteiger partial charge in [-0.2, -0.15) is 0 Å². The lowest BCUT2D eigenvalue weighted by molar-refractivity contribution is 0.128. The summed E-state index contributed by atoms with van der Waals surface area (Å²) in [6.07, 6.45) is 2.45. The Balaban J connectivity index is 2.09. The normalized spacial score (nSPS) is 23.8. The van der Waals surface area contributed by atoms with E-state index in [2.05, 4.69) is 24.1 Å². The fourth-order valence-electron chi connectivity index (χ4n) is 2.85. The van der Waals surface area contributed by atoms with Crippen molar-refractivity contribution in [1.82, 2.24) is 10.2 Å². The van der Waals surface area contributed by atoms with Crippen LogP contribution in [0.2, 0.25) is 5.02 Å². The van der Waals surface area contributed by atoms with E-state index in [0.717, 1.165) is 30.4 Å². The van der Waals surface area contributed by atoms with Gasteiger partial charge in [-0.25, -0.2) is 0 Å². The minimum atomic E-state index is 0.534. The van der Waals surface area contributed by atoms with Gasteiger partial charge in [0.25, 0.3) is 0 Å². The van der Waals surface area contributed by atoms with Gasteiger partial charge in [0.1, 0.15) is 5.75 Å². The molecule has 0 saturated carbocycles. The smallest absolute Gasteiger partial charge is 0.123 e. The van der Waals surface area contributed by atoms with Crippen LogP contribution < -0.4 is 10.1 Å². The van der Waals surface area contributed by atoms with Crippen molar-refractivity contribution in [3.63, 3.8) is 0 Å². The largest absolute Gasteiger partial charge is 0.496 e. The maximum Gasteiger partial charge on any atom is 0.123 e. The molecule has 0 aliphatic carbocycles. The molecule has 1 heterocycles. The summed E-state index contributed by atoms with van der Waals surface area (Å²) >= 11 is 6.12. The van der Waals surface area contributed by atoms with Gasteiger partial charge in [0.15, 0.2) is 0 Å². The summed E-state index contributed by atoms with van der Waals surface area (Å²) in [7, 11) is 1.72. The van der Waals surface area contributed by atoms with Crippen molar-refractivity contribution < 1.29 is 4.74 Å². The average molecular weight is 297 g/mol. The van der Waals surface area contributed by atoms with Gasteiger partial charge in [0, 0.05) is 42.3 Å². The van der Waals surface area contributed by atoms with Crippen LogP contribution >= 0.6 is 11.6 Å². The Kier molecular flexibility index (Phi) is 5.70. The summed E-state index contributed by atoms with van der Waals surface area (Å²) in [5.41, 5.74) is 1.17. The molecule has 1 N–H and O–H groups in total. The maximum atomic E-state index is 6.12. The zero-order valence-corrected chi connectivity index (χ0v) is 13.4. The molecular formula is C16H25ClN2O. The molecule has 0 radical (unpaired) electrons. The number of halogens is 1. The highest BCUT2D eigenvalue weighted by atomic mass is 35.5. The molecule has 1 saturated heterocycles. The first kappa shape index (κ1) is 15.6. The van der Waals surface area contributed by atoms with Crippen LogP contribution in [0.15, 0.2) is 18.2 Å². The minimum Gasteiger partial charge on any atom is -0.496 e. The third-order valence-electron chi connectivity index (χ3n) is 4.03. The Labute approximate surface area is 127 Å². The minimum absolute atomic E-state index is 0.534. The summed E-state index contributed by atoms with van der Waals surface area (Å²) in [6.45, 7) is 7.54. The van der Waals surface area contributed by atoms with Crippen LogP contribution in [0.3, 0.4) is 0 Å². The van der Waals surface area contributed by atoms with E-state index in [1.807, 2.05) is 18.2 Å². The van der Waals surface area contributed by atoms with Crippen LogP contribution in [0.25, 0.3) is 0 Å². The Morgan fingerprint density at radius 1 is 1.45 bits per heavy atom. The van der Waals surface area contributed by atoms with E-state index in [-0.39, 0.29) is 0 Å². The van der Waals surface area contributed by atoms with Gasteiger partial charge in [-0.3, -0.25) is 4.90 Å². The number of benzene rings is 1. The zero-order chi connectivity index (χ0) is 14.5. The molecule has 0 bridgehead atoms. The number of piperazine rings is 1. The predicted octanol–water partition coefficient (Wildman–Crippen LogP) is 3.31. The lowest BCUT2D eigenvalue weighted by atomic mass is 10.0. The molecule has 1 aromatic carbocycles. The van der Waals surface area contributed by atoms with Crippen LogP contribution in [0.5, 0.6) is 5.75 Å². The highest BCUT2D eigenvalue weighted by molar-refractivity contribution is 6.30. The number of hydrogen-bond donors (Lipinski definition) is 1. The molecule has 0 spiro atoms. The molecule has 2 rings (SSSR count). The van der Waals surface area contributed by atoms with Crippen LogP contribution in [-0.4, -0.2) is 37.2 Å². The van der Waals surface area contributed by atoms with Gasteiger partial charge < -0.3 is 10.1 Å². The van der Waals surface area contributed by atoms with E-state index in [0.29, 0.717) is 12.1 Å². The molecule has 1 aromatic rings. The average Bonchev–Trinajstić information content (AvgIpc) is 2.43. The van der Waals surface area contributed by atoms with Gasteiger partial charge in [-0.05, 0) is 31.5 Å². The fraction of sp³-hybridized carbons (Fsp3) is 0.625. The molecule has 2 atom stereocenters. The predicted molar refractivity (Wildman–Crippen MR) is 84.6 cm³/mol. The topological polar surface area (TPSA) is 24.5 Å². The van der Waals surface area contributed by atoms with Crippen molar-refractivity contribution in [2.24, 2.45) is 0 Å². The van der Waals surface area contributed by atoms with Crippen molar-refractivity contribution in [1.29, 1.82) is 0 Å². The van der Waals surface area contributed by atoms with Gasteiger partial charge in [0.05, 0.1) is 7.11 Å². The van der Waals surface area contributed by atoms with Crippen LogP contribution in [0, 0.1) is 0 Å². The molecule has 4 heteroatoms. The number of nitrogens with zero attached hydrogens (tertiary/aromatic N) is 1. The molecular weight excluding hydrogens is 272 g/mol. The highest BCUT2D eigenvalue weighted by Crippen LogP contribution is 2.25. The monoisotopic (exact) mass is 296 g/mol. The van der Waals surface area contributed by atoms with E-state index in [4.69, 9.17) is 16.3 Å². The van der Waals surface area contributed by atoms with Gasteiger partial charge in [-0.15, -0.1) is 0 Å². The van der Waals surface area contributed by atoms with Crippen molar-refractivity contribution in [2.75, 3.05) is 20.2 Å². The Hall–Kier alpha value is -0.770. The Morgan fingerprint density at radius 3 is 2.95 bits per heavy atom. The number of methoxy groups -OCH3 is 1. The van der Waals surface area contributed by atoms with Crippen molar-refractivity contribution in [3.8, 4) is 5.75 Å². The molecule has 2 unspecified atom stereocenters. The third kappa shape index (κ3) is 3.87. The van der Waals surface area contributed by atoms with Crippen LogP contribution in [0.1, 0.15) is 32.3 Å². The molecule has 1 fully saturated rings. The quantitative estimate of drug-likeness (QED) is 0.902. The first-order chi connectivity index (χ1) is 9.63. The fourth-order valence-corrected chi connectivity index (χ4v) is 3.04. The molecule has 0 amide bonds. The lowest BCUT2D eigenvalue weighted by Gasteiger charge is -2.39. The number of hydrogen-bond acceptors (Lipinski definition) is 3. The van der Waals surface area contributed by atoms with E-state index in [1.165, 1.54) is 18.4 Å². The summed E-state index contributed by atoms with van der Waals surface area (Å²) in [5.74, 6) is 0.923. The van der Waals surface area contributed by atoms with Crippen molar-refractivity contribution >= 4 is 11.6 Å². The van der Waals surface area contributed by atoms with Gasteiger partial charge >= 0.3 is 0 Å². The second-order valence-corrected chi connectivity index (χ2v) is 6.06. The molecule has 3 nitrogen and oxygen atoms in total. The van der Waals surface area contributed by atoms with Gasteiger partial charge in [-0.1, -0.05) is 24.9 Å². The second kappa shape index (κ2) is 7.30. The third-order valence-corrected chi connectivity index (χ3v) is 4.27. The van der Waals surface area contributed by atoms with Gasteiger partial charge in [0.2, 0.25) is 0 Å². The van der Waals surface area contributed by atoms with E-state index in [1.54, 1.807) is 7.11 Å². The number of rotatable bonds is 5. The number of nitrogens with one attached hydrogen (secondary N) is 1. The lowest BCUT2D eigenvalue weighted by Crippen LogP contribution is -2.54. The molecule has 20 heavy (non-hydrogen) atoms. The number of ether oxygens (including phenoxy) is 1. The standard InChI is InChI=1S/C16H25ClN2O/c1-4-5-15-11-19(12(2)9-18-15)10-13-8-14(17)6-7-16(13)20-3/h6-8,12,15,18H,4-5,9-11H2,1-3H3. The maximum absolute atomic E-state index is 6.12. The Bertz CT molecular complexity index is 438. The highest BCUT2D eigenvalue weighted by Gasteiger charge is 2.25. The van der Waals surface area contributed by atoms with Crippen molar-refractivity contribution in [3.05, 3.63) is 28.8 Å². The SMILES string of the molecule is CCCC1CN(Cc2cc(Cl)ccc2OC)C(C)CN1. The second-order valence-electron chi connectivity index (χ2n) is 5.63. The molecule has 112 valence electrons. The molecule has 1 aliphatic rings. The van der Waals surface area contributed by atoms with E-state index in [9.17, 15) is 0 Å². The summed E-state index contributed by atoms with van der Waals surface area (Å²) in [5, 5.41) is 4.40. The summed E-state index contributed by atoms with van der Waals surface area (Å²) in [6, 6.07) is 6.98. The summed E-state index contributed by atoms with van der Waals surface area (Å²) < 4.78 is 5.45. The Morgan fingerprint density at radius 2 is 2.25 bits per heavy atom. The van der Waals surface area contributed by atoms with Crippen molar-refractivity contribution in [2.45, 2.75) is 45.3 Å². The zero-order valence-electron chi connectivity index (χ0n) is 12.7. The summed E-state index contributed by atoms with van der Waals surface area (Å²) in [4.78, 5) is 2.52.